The van der Waals surface area contributed by atoms with Crippen LogP contribution < -0.4 is 10.1 Å². The number of nitrogens with one attached hydrogen (secondary N) is 1. The maximum Gasteiger partial charge on any atom is 0.335 e. The Morgan fingerprint density at radius 3 is 2.54 bits per heavy atom. The van der Waals surface area contributed by atoms with Crippen molar-refractivity contribution in [3.63, 3.8) is 0 Å². The minimum Gasteiger partial charge on any atom is -0.488 e. The molecule has 2 N–H and O–H groups in total. The van der Waals surface area contributed by atoms with E-state index in [1.807, 2.05) is 42.5 Å². The van der Waals surface area contributed by atoms with Crippen LogP contribution in [0.5, 0.6) is 5.75 Å². The molecule has 0 bridgehead atoms. The van der Waals surface area contributed by atoms with Gasteiger partial charge in [0, 0.05) is 5.69 Å². The highest BCUT2D eigenvalue weighted by Crippen LogP contribution is 2.26. The Morgan fingerprint density at radius 1 is 1.00 bits per heavy atom. The molecule has 0 aliphatic rings. The zero-order valence-corrected chi connectivity index (χ0v) is 20.5. The van der Waals surface area contributed by atoms with Gasteiger partial charge in [-0.25, -0.2) is 4.79 Å². The number of ether oxygens (including phenoxy) is 1. The van der Waals surface area contributed by atoms with Gasteiger partial charge < -0.3 is 15.2 Å². The number of fused-ring (bicyclic) bond motifs is 1. The summed E-state index contributed by atoms with van der Waals surface area (Å²) in [4.78, 5) is 23.7. The normalized spacial score (nSPS) is 11.0. The molecule has 0 aliphatic heterocycles. The number of hydrogen-bond donors (Lipinski definition) is 2. The highest BCUT2D eigenvalue weighted by molar-refractivity contribution is 14.1. The molecule has 0 atom stereocenters. The van der Waals surface area contributed by atoms with Crippen LogP contribution >= 0.6 is 22.6 Å². The van der Waals surface area contributed by atoms with Crippen molar-refractivity contribution in [2.75, 3.05) is 5.32 Å². The van der Waals surface area contributed by atoms with Gasteiger partial charge >= 0.3 is 5.97 Å². The van der Waals surface area contributed by atoms with E-state index in [0.29, 0.717) is 23.6 Å². The molecule has 0 saturated carbocycles. The van der Waals surface area contributed by atoms with Crippen LogP contribution in [0.4, 0.5) is 5.69 Å². The lowest BCUT2D eigenvalue weighted by Gasteiger charge is -2.11. The van der Waals surface area contributed by atoms with Gasteiger partial charge in [0.25, 0.3) is 5.91 Å². The number of aromatic carboxylic acids is 1. The Morgan fingerprint density at radius 2 is 1.77 bits per heavy atom. The van der Waals surface area contributed by atoms with E-state index in [0.717, 1.165) is 19.9 Å². The number of carboxylic acids is 1. The number of anilines is 1. The second-order valence-electron chi connectivity index (χ2n) is 7.63. The first-order valence-corrected chi connectivity index (χ1v) is 11.7. The molecule has 172 valence electrons. The maximum absolute atomic E-state index is 12.6. The molecule has 4 aromatic rings. The second kappa shape index (κ2) is 10.8. The van der Waals surface area contributed by atoms with Crippen LogP contribution in [0.1, 0.15) is 21.5 Å². The average Bonchev–Trinajstić information content (AvgIpc) is 2.86. The molecule has 7 heteroatoms. The van der Waals surface area contributed by atoms with Crippen LogP contribution in [-0.2, 0) is 11.4 Å². The van der Waals surface area contributed by atoms with Gasteiger partial charge in [0.1, 0.15) is 24.0 Å². The standard InChI is InChI=1S/C28H19IN2O4/c29-25-14-18(13-22(16-30)27(32)31-23-9-4-7-20(15-23)28(33)34)11-12-26(25)35-17-21-8-3-6-19-5-1-2-10-24(19)21/h1-15H,17H2,(H,31,32)(H,33,34)/b22-13-. The molecule has 0 spiro atoms. The third kappa shape index (κ3) is 5.86. The Labute approximate surface area is 215 Å². The van der Waals surface area contributed by atoms with Gasteiger partial charge in [-0.15, -0.1) is 0 Å². The number of carboxylic acid groups (broad SMARTS) is 1. The summed E-state index contributed by atoms with van der Waals surface area (Å²) in [6, 6.07) is 27.4. The molecule has 6 nitrogen and oxygen atoms in total. The second-order valence-corrected chi connectivity index (χ2v) is 8.79. The summed E-state index contributed by atoms with van der Waals surface area (Å²) in [7, 11) is 0. The Kier molecular flexibility index (Phi) is 7.43. The SMILES string of the molecule is N#C/C(=C/c1ccc(OCc2cccc3ccccc23)c(I)c1)C(=O)Nc1cccc(C(=O)O)c1. The summed E-state index contributed by atoms with van der Waals surface area (Å²) >= 11 is 2.16. The summed E-state index contributed by atoms with van der Waals surface area (Å²) in [5, 5.41) is 23.5. The number of carbonyl (C=O) groups is 2. The van der Waals surface area contributed by atoms with E-state index in [4.69, 9.17) is 9.84 Å². The number of amides is 1. The fourth-order valence-corrected chi connectivity index (χ4v) is 4.24. The summed E-state index contributed by atoms with van der Waals surface area (Å²) in [5.41, 5.74) is 1.98. The molecule has 35 heavy (non-hydrogen) atoms. The van der Waals surface area contributed by atoms with Crippen molar-refractivity contribution in [3.8, 4) is 11.8 Å². The molecular formula is C28H19IN2O4. The third-order valence-corrected chi connectivity index (χ3v) is 6.11. The number of nitrogens with zero attached hydrogens (tertiary/aromatic N) is 1. The first-order valence-electron chi connectivity index (χ1n) is 10.6. The van der Waals surface area contributed by atoms with E-state index >= 15 is 0 Å². The summed E-state index contributed by atoms with van der Waals surface area (Å²) in [6.45, 7) is 0.411. The summed E-state index contributed by atoms with van der Waals surface area (Å²) < 4.78 is 6.89. The zero-order valence-electron chi connectivity index (χ0n) is 18.4. The number of halogens is 1. The number of rotatable bonds is 7. The molecule has 4 aromatic carbocycles. The number of carbonyl (C=O) groups excluding carboxylic acids is 1. The fraction of sp³-hybridized carbons (Fsp3) is 0.0357. The van der Waals surface area contributed by atoms with E-state index in [-0.39, 0.29) is 11.1 Å². The van der Waals surface area contributed by atoms with Crippen LogP contribution in [0.15, 0.2) is 90.5 Å². The van der Waals surface area contributed by atoms with Crippen molar-refractivity contribution in [2.24, 2.45) is 0 Å². The molecule has 0 heterocycles. The molecular weight excluding hydrogens is 555 g/mol. The molecule has 0 fully saturated rings. The van der Waals surface area contributed by atoms with Crippen molar-refractivity contribution in [2.45, 2.75) is 6.61 Å². The van der Waals surface area contributed by atoms with Gasteiger partial charge in [0.05, 0.1) is 9.13 Å². The highest BCUT2D eigenvalue weighted by Gasteiger charge is 2.12. The summed E-state index contributed by atoms with van der Waals surface area (Å²) in [5.74, 6) is -1.03. The molecule has 4 rings (SSSR count). The van der Waals surface area contributed by atoms with Crippen LogP contribution in [0.25, 0.3) is 16.8 Å². The van der Waals surface area contributed by atoms with E-state index in [2.05, 4.69) is 46.1 Å². The van der Waals surface area contributed by atoms with Crippen molar-refractivity contribution in [1.82, 2.24) is 0 Å². The van der Waals surface area contributed by atoms with E-state index in [9.17, 15) is 14.9 Å². The molecule has 0 aliphatic carbocycles. The minimum absolute atomic E-state index is 0.0407. The predicted octanol–water partition coefficient (Wildman–Crippen LogP) is 6.27. The van der Waals surface area contributed by atoms with Gasteiger partial charge in [0.2, 0.25) is 0 Å². The number of nitriles is 1. The maximum atomic E-state index is 12.6. The van der Waals surface area contributed by atoms with Gasteiger partial charge in [-0.1, -0.05) is 54.6 Å². The average molecular weight is 574 g/mol. The van der Waals surface area contributed by atoms with Crippen molar-refractivity contribution in [1.29, 1.82) is 5.26 Å². The molecule has 1 amide bonds. The van der Waals surface area contributed by atoms with Gasteiger partial charge in [-0.2, -0.15) is 5.26 Å². The number of benzene rings is 4. The first kappa shape index (κ1) is 24.0. The van der Waals surface area contributed by atoms with Crippen molar-refractivity contribution >= 4 is 57.0 Å². The Balaban J connectivity index is 1.48. The Bertz CT molecular complexity index is 1500. The summed E-state index contributed by atoms with van der Waals surface area (Å²) in [6.07, 6.45) is 1.48. The van der Waals surface area contributed by atoms with Gasteiger partial charge in [-0.3, -0.25) is 4.79 Å². The highest BCUT2D eigenvalue weighted by atomic mass is 127. The van der Waals surface area contributed by atoms with E-state index in [1.54, 1.807) is 12.1 Å². The van der Waals surface area contributed by atoms with Crippen molar-refractivity contribution in [3.05, 3.63) is 111 Å². The lowest BCUT2D eigenvalue weighted by Crippen LogP contribution is -2.14. The third-order valence-electron chi connectivity index (χ3n) is 5.26. The number of hydrogen-bond acceptors (Lipinski definition) is 4. The van der Waals surface area contributed by atoms with Crippen LogP contribution in [0, 0.1) is 14.9 Å². The van der Waals surface area contributed by atoms with Gasteiger partial charge in [0.15, 0.2) is 0 Å². The molecule has 0 aromatic heterocycles. The van der Waals surface area contributed by atoms with Crippen LogP contribution in [0.2, 0.25) is 0 Å². The topological polar surface area (TPSA) is 99.4 Å². The smallest absolute Gasteiger partial charge is 0.335 e. The van der Waals surface area contributed by atoms with Crippen LogP contribution in [-0.4, -0.2) is 17.0 Å². The van der Waals surface area contributed by atoms with E-state index in [1.165, 1.54) is 24.3 Å². The molecule has 0 radical (unpaired) electrons. The predicted molar refractivity (Wildman–Crippen MR) is 143 cm³/mol. The van der Waals surface area contributed by atoms with E-state index < -0.39 is 11.9 Å². The lowest BCUT2D eigenvalue weighted by atomic mass is 10.1. The monoisotopic (exact) mass is 574 g/mol. The van der Waals surface area contributed by atoms with Gasteiger partial charge in [-0.05, 0) is 80.9 Å². The zero-order chi connectivity index (χ0) is 24.8. The minimum atomic E-state index is -1.10. The molecule has 0 saturated heterocycles. The van der Waals surface area contributed by atoms with Crippen LogP contribution in [0.3, 0.4) is 0 Å². The first-order chi connectivity index (χ1) is 16.9. The lowest BCUT2D eigenvalue weighted by molar-refractivity contribution is -0.112. The fourth-order valence-electron chi connectivity index (χ4n) is 3.54. The largest absolute Gasteiger partial charge is 0.488 e. The molecule has 0 unspecified atom stereocenters. The van der Waals surface area contributed by atoms with Crippen molar-refractivity contribution < 1.29 is 19.4 Å². The quantitative estimate of drug-likeness (QED) is 0.154. The Hall–Kier alpha value is -4.16.